The predicted octanol–water partition coefficient (Wildman–Crippen LogP) is 0.953. The minimum atomic E-state index is -3.14. The first kappa shape index (κ1) is 8.21. The summed E-state index contributed by atoms with van der Waals surface area (Å²) < 4.78 is 20.7. The Labute approximate surface area is 59.7 Å². The molecule has 0 aromatic rings. The van der Waals surface area contributed by atoms with E-state index >= 15 is 0 Å². The van der Waals surface area contributed by atoms with Gasteiger partial charge < -0.3 is 14.2 Å². The van der Waals surface area contributed by atoms with Gasteiger partial charge >= 0.3 is 7.60 Å². The van der Waals surface area contributed by atoms with Gasteiger partial charge in [-0.15, -0.1) is 0 Å². The second-order valence-electron chi connectivity index (χ2n) is 2.35. The smallest absolute Gasteiger partial charge is 0.358 e. The van der Waals surface area contributed by atoms with E-state index in [2.05, 4.69) is 4.52 Å². The van der Waals surface area contributed by atoms with Crippen LogP contribution in [0.3, 0.4) is 0 Å². The summed E-state index contributed by atoms with van der Waals surface area (Å²) in [7, 11) is -1.86. The second kappa shape index (κ2) is 2.62. The summed E-state index contributed by atoms with van der Waals surface area (Å²) in [5, 5.41) is 9.11. The third kappa shape index (κ3) is 1.25. The Bertz CT molecular complexity index is 169. The van der Waals surface area contributed by atoms with E-state index in [0.717, 1.165) is 0 Å². The van der Waals surface area contributed by atoms with E-state index in [1.807, 2.05) is 0 Å². The van der Waals surface area contributed by atoms with Crippen molar-refractivity contribution in [1.29, 1.82) is 0 Å². The molecule has 0 spiro atoms. The van der Waals surface area contributed by atoms with Crippen LogP contribution < -0.4 is 0 Å². The van der Waals surface area contributed by atoms with Crippen molar-refractivity contribution in [3.8, 4) is 0 Å². The molecule has 0 aromatic heterocycles. The van der Waals surface area contributed by atoms with Crippen LogP contribution in [0.2, 0.25) is 0 Å². The molecule has 60 valence electrons. The summed E-state index contributed by atoms with van der Waals surface area (Å²) in [4.78, 5) is 0. The predicted molar refractivity (Wildman–Crippen MR) is 35.8 cm³/mol. The zero-order chi connectivity index (χ0) is 7.78. The molecule has 5 heteroatoms. The molecule has 1 heterocycles. The van der Waals surface area contributed by atoms with Crippen LogP contribution in [0.1, 0.15) is 13.3 Å². The maximum atomic E-state index is 11.2. The van der Waals surface area contributed by atoms with Gasteiger partial charge in [-0.05, 0) is 6.92 Å². The molecule has 1 fully saturated rings. The monoisotopic (exact) mass is 166 g/mol. The van der Waals surface area contributed by atoms with Crippen molar-refractivity contribution in [2.24, 2.45) is 0 Å². The van der Waals surface area contributed by atoms with Crippen LogP contribution in [0, 0.1) is 0 Å². The first-order valence-electron chi connectivity index (χ1n) is 3.10. The van der Waals surface area contributed by atoms with Crippen LogP contribution in [0.5, 0.6) is 0 Å². The Kier molecular flexibility index (Phi) is 2.15. The number of rotatable bonds is 1. The fourth-order valence-electron chi connectivity index (χ4n) is 0.955. The van der Waals surface area contributed by atoms with Gasteiger partial charge in [0.1, 0.15) is 0 Å². The van der Waals surface area contributed by atoms with Gasteiger partial charge in [-0.1, -0.05) is 0 Å². The highest BCUT2D eigenvalue weighted by molar-refractivity contribution is 7.54. The largest absolute Gasteiger partial charge is 0.380 e. The molecule has 1 aliphatic rings. The van der Waals surface area contributed by atoms with E-state index in [1.54, 1.807) is 6.92 Å². The van der Waals surface area contributed by atoms with Crippen molar-refractivity contribution in [2.75, 3.05) is 7.11 Å². The van der Waals surface area contributed by atoms with Crippen molar-refractivity contribution in [3.05, 3.63) is 0 Å². The summed E-state index contributed by atoms with van der Waals surface area (Å²) in [5.74, 6) is -0.938. The van der Waals surface area contributed by atoms with Crippen LogP contribution in [0.15, 0.2) is 0 Å². The lowest BCUT2D eigenvalue weighted by Crippen LogP contribution is -2.02. The molecular formula is C5H11O4P. The molecule has 1 aliphatic heterocycles. The maximum Gasteiger partial charge on any atom is 0.358 e. The number of aliphatic hydroxyl groups is 1. The minimum Gasteiger partial charge on any atom is -0.380 e. The molecule has 0 aromatic carbocycles. The number of aliphatic hydroxyl groups excluding tert-OH is 1. The number of hydrogen-bond acceptors (Lipinski definition) is 4. The molecule has 1 saturated heterocycles. The molecule has 0 saturated carbocycles. The molecule has 0 aliphatic carbocycles. The Morgan fingerprint density at radius 1 is 1.80 bits per heavy atom. The van der Waals surface area contributed by atoms with Gasteiger partial charge in [-0.25, -0.2) is 0 Å². The molecule has 1 N–H and O–H groups in total. The number of hydrogen-bond donors (Lipinski definition) is 1. The fraction of sp³-hybridized carbons (Fsp3) is 1.00. The van der Waals surface area contributed by atoms with E-state index in [4.69, 9.17) is 9.63 Å². The van der Waals surface area contributed by atoms with E-state index < -0.39 is 13.4 Å². The standard InChI is InChI=1S/C5H11O4P/c1-4-3-5(6)10(7,8-2)9-4/h4-6H,3H2,1-2H3/t4-,5-,10+/m0/s1. The van der Waals surface area contributed by atoms with E-state index in [0.29, 0.717) is 6.42 Å². The third-order valence-corrected chi connectivity index (χ3v) is 3.59. The summed E-state index contributed by atoms with van der Waals surface area (Å²) in [5.41, 5.74) is 0. The fourth-order valence-corrected chi connectivity index (χ4v) is 2.57. The Morgan fingerprint density at radius 3 is 2.60 bits per heavy atom. The van der Waals surface area contributed by atoms with Gasteiger partial charge in [0.05, 0.1) is 6.10 Å². The van der Waals surface area contributed by atoms with E-state index in [9.17, 15) is 4.57 Å². The third-order valence-electron chi connectivity index (χ3n) is 1.49. The molecule has 3 atom stereocenters. The molecule has 1 rings (SSSR count). The van der Waals surface area contributed by atoms with Crippen molar-refractivity contribution in [2.45, 2.75) is 25.3 Å². The van der Waals surface area contributed by atoms with Crippen molar-refractivity contribution in [3.63, 3.8) is 0 Å². The normalized spacial score (nSPS) is 47.9. The van der Waals surface area contributed by atoms with E-state index in [-0.39, 0.29) is 6.10 Å². The Balaban J connectivity index is 2.71. The molecule has 0 radical (unpaired) electrons. The molecule has 4 nitrogen and oxygen atoms in total. The van der Waals surface area contributed by atoms with Gasteiger partial charge in [0.2, 0.25) is 0 Å². The van der Waals surface area contributed by atoms with Gasteiger partial charge in [0.25, 0.3) is 0 Å². The van der Waals surface area contributed by atoms with Crippen LogP contribution in [0.4, 0.5) is 0 Å². The van der Waals surface area contributed by atoms with Crippen LogP contribution in [-0.4, -0.2) is 24.2 Å². The van der Waals surface area contributed by atoms with Crippen LogP contribution in [0.25, 0.3) is 0 Å². The van der Waals surface area contributed by atoms with Crippen molar-refractivity contribution >= 4 is 7.60 Å². The first-order valence-corrected chi connectivity index (χ1v) is 4.71. The molecule has 10 heavy (non-hydrogen) atoms. The summed E-state index contributed by atoms with van der Waals surface area (Å²) >= 11 is 0. The quantitative estimate of drug-likeness (QED) is 0.589. The SMILES string of the molecule is CO[P@@]1(=O)O[C@@H](C)C[C@H]1O. The average Bonchev–Trinajstić information content (AvgIpc) is 2.09. The van der Waals surface area contributed by atoms with Crippen molar-refractivity contribution < 1.29 is 18.7 Å². The summed E-state index contributed by atoms with van der Waals surface area (Å²) in [6, 6.07) is 0. The highest BCUT2D eigenvalue weighted by Crippen LogP contribution is 2.58. The average molecular weight is 166 g/mol. The van der Waals surface area contributed by atoms with Crippen LogP contribution in [-0.2, 0) is 13.6 Å². The van der Waals surface area contributed by atoms with E-state index in [1.165, 1.54) is 7.11 Å². The Morgan fingerprint density at radius 2 is 2.40 bits per heavy atom. The summed E-state index contributed by atoms with van der Waals surface area (Å²) in [6.45, 7) is 1.75. The lowest BCUT2D eigenvalue weighted by molar-refractivity contribution is 0.205. The Hall–Kier alpha value is 0.110. The van der Waals surface area contributed by atoms with Gasteiger partial charge in [-0.3, -0.25) is 4.57 Å². The second-order valence-corrected chi connectivity index (χ2v) is 4.61. The zero-order valence-electron chi connectivity index (χ0n) is 5.98. The molecule has 0 amide bonds. The van der Waals surface area contributed by atoms with Crippen molar-refractivity contribution in [1.82, 2.24) is 0 Å². The summed E-state index contributed by atoms with van der Waals surface area (Å²) in [6.07, 6.45) is 0.228. The van der Waals surface area contributed by atoms with Crippen LogP contribution >= 0.6 is 7.60 Å². The molecule has 0 bridgehead atoms. The maximum absolute atomic E-state index is 11.2. The molecular weight excluding hydrogens is 155 g/mol. The lowest BCUT2D eigenvalue weighted by Gasteiger charge is -2.10. The van der Waals surface area contributed by atoms with Gasteiger partial charge in [0.15, 0.2) is 5.85 Å². The zero-order valence-corrected chi connectivity index (χ0v) is 6.88. The van der Waals surface area contributed by atoms with Gasteiger partial charge in [0, 0.05) is 13.5 Å². The molecule has 0 unspecified atom stereocenters. The topological polar surface area (TPSA) is 55.8 Å². The highest BCUT2D eigenvalue weighted by Gasteiger charge is 2.42. The van der Waals surface area contributed by atoms with Gasteiger partial charge in [-0.2, -0.15) is 0 Å². The first-order chi connectivity index (χ1) is 4.58. The highest BCUT2D eigenvalue weighted by atomic mass is 31.2. The lowest BCUT2D eigenvalue weighted by atomic mass is 10.3. The minimum absolute atomic E-state index is 0.166.